The summed E-state index contributed by atoms with van der Waals surface area (Å²) >= 11 is 5.07. The van der Waals surface area contributed by atoms with Crippen LogP contribution >= 0.6 is 11.6 Å². The molecule has 0 aromatic heterocycles. The number of alkyl halides is 2. The van der Waals surface area contributed by atoms with E-state index in [0.717, 1.165) is 0 Å². The Morgan fingerprint density at radius 1 is 1.27 bits per heavy atom. The normalized spacial score (nSPS) is 11.5. The molecule has 0 heterocycles. The zero-order chi connectivity index (χ0) is 11.8. The van der Waals surface area contributed by atoms with Gasteiger partial charge >= 0.3 is 11.9 Å². The first-order chi connectivity index (χ1) is 6.78. The number of hydrogen-bond acceptors (Lipinski definition) is 1. The van der Waals surface area contributed by atoms with Crippen LogP contribution in [0.25, 0.3) is 0 Å². The van der Waals surface area contributed by atoms with E-state index < -0.39 is 34.1 Å². The summed E-state index contributed by atoms with van der Waals surface area (Å²) in [6.45, 7) is 0. The molecule has 0 spiro atoms. The van der Waals surface area contributed by atoms with Gasteiger partial charge in [-0.05, 0) is 12.1 Å². The molecule has 0 radical (unpaired) electrons. The van der Waals surface area contributed by atoms with Gasteiger partial charge in [-0.3, -0.25) is 0 Å². The number of carboxylic acids is 1. The molecule has 1 N–H and O–H groups in total. The van der Waals surface area contributed by atoms with Gasteiger partial charge in [-0.15, -0.1) is 0 Å². The number of halogens is 5. The van der Waals surface area contributed by atoms with E-state index in [1.54, 1.807) is 0 Å². The molecule has 0 amide bonds. The minimum atomic E-state index is -4.57. The highest BCUT2D eigenvalue weighted by molar-refractivity contribution is 6.31. The minimum Gasteiger partial charge on any atom is -0.477 e. The molecule has 0 fully saturated rings. The van der Waals surface area contributed by atoms with Gasteiger partial charge < -0.3 is 5.11 Å². The Bertz CT molecular complexity index is 419. The van der Waals surface area contributed by atoms with Crippen LogP contribution in [0.2, 0.25) is 5.02 Å². The third kappa shape index (κ3) is 1.90. The molecule has 15 heavy (non-hydrogen) atoms. The van der Waals surface area contributed by atoms with E-state index in [9.17, 15) is 22.4 Å². The highest BCUT2D eigenvalue weighted by atomic mass is 35.5. The fourth-order valence-corrected chi connectivity index (χ4v) is 1.19. The van der Waals surface area contributed by atoms with E-state index >= 15 is 0 Å². The van der Waals surface area contributed by atoms with Crippen molar-refractivity contribution in [1.82, 2.24) is 0 Å². The van der Waals surface area contributed by atoms with E-state index in [-0.39, 0.29) is 0 Å². The maximum atomic E-state index is 12.9. The van der Waals surface area contributed by atoms with Crippen LogP contribution in [0.5, 0.6) is 0 Å². The molecule has 0 aliphatic rings. The fraction of sp³-hybridized carbons (Fsp3) is 0.125. The van der Waals surface area contributed by atoms with Crippen LogP contribution < -0.4 is 0 Å². The summed E-state index contributed by atoms with van der Waals surface area (Å²) in [6, 6.07) is 0.909. The van der Waals surface area contributed by atoms with Crippen molar-refractivity contribution in [2.24, 2.45) is 0 Å². The molecule has 82 valence electrons. The summed E-state index contributed by atoms with van der Waals surface area (Å²) < 4.78 is 51.4. The lowest BCUT2D eigenvalue weighted by atomic mass is 10.1. The summed E-state index contributed by atoms with van der Waals surface area (Å²) in [5, 5.41) is 6.90. The average molecular weight is 243 g/mol. The van der Waals surface area contributed by atoms with Gasteiger partial charge in [0.2, 0.25) is 0 Å². The Kier molecular flexibility index (Phi) is 2.90. The van der Waals surface area contributed by atoms with Crippen molar-refractivity contribution in [2.45, 2.75) is 5.92 Å². The van der Waals surface area contributed by atoms with E-state index in [0.29, 0.717) is 12.1 Å². The molecule has 0 unspecified atom stereocenters. The SMILES string of the molecule is O=C(O)C(F)(F)c1c(F)ccc(F)c1Cl. The van der Waals surface area contributed by atoms with Crippen LogP contribution in [-0.4, -0.2) is 11.1 Å². The zero-order valence-electron chi connectivity index (χ0n) is 6.90. The van der Waals surface area contributed by atoms with Gasteiger partial charge in [-0.2, -0.15) is 8.78 Å². The van der Waals surface area contributed by atoms with Gasteiger partial charge in [0.15, 0.2) is 0 Å². The predicted octanol–water partition coefficient (Wildman–Crippen LogP) is 2.79. The lowest BCUT2D eigenvalue weighted by Gasteiger charge is -2.14. The van der Waals surface area contributed by atoms with Crippen LogP contribution in [0.15, 0.2) is 12.1 Å². The maximum absolute atomic E-state index is 12.9. The molecule has 0 aliphatic heterocycles. The molecule has 2 nitrogen and oxygen atoms in total. The molecule has 0 saturated heterocycles. The zero-order valence-corrected chi connectivity index (χ0v) is 7.66. The molecular weight excluding hydrogens is 240 g/mol. The van der Waals surface area contributed by atoms with E-state index in [1.807, 2.05) is 0 Å². The lowest BCUT2D eigenvalue weighted by molar-refractivity contribution is -0.166. The van der Waals surface area contributed by atoms with Gasteiger partial charge in [0.25, 0.3) is 0 Å². The summed E-state index contributed by atoms with van der Waals surface area (Å²) in [5.41, 5.74) is -1.67. The van der Waals surface area contributed by atoms with Crippen LogP contribution in [-0.2, 0) is 10.7 Å². The Hall–Kier alpha value is -1.30. The van der Waals surface area contributed by atoms with Crippen molar-refractivity contribution in [3.63, 3.8) is 0 Å². The molecule has 0 bridgehead atoms. The van der Waals surface area contributed by atoms with Gasteiger partial charge in [0.05, 0.1) is 10.6 Å². The molecule has 0 atom stereocenters. The van der Waals surface area contributed by atoms with E-state index in [4.69, 9.17) is 16.7 Å². The number of carbonyl (C=O) groups is 1. The van der Waals surface area contributed by atoms with Crippen molar-refractivity contribution < 1.29 is 27.5 Å². The molecule has 1 aromatic rings. The summed E-state index contributed by atoms with van der Waals surface area (Å²) in [7, 11) is 0. The Morgan fingerprint density at radius 2 is 1.73 bits per heavy atom. The van der Waals surface area contributed by atoms with Gasteiger partial charge in [-0.1, -0.05) is 11.6 Å². The first-order valence-corrected chi connectivity index (χ1v) is 3.91. The average Bonchev–Trinajstić information content (AvgIpc) is 2.11. The number of aliphatic carboxylic acids is 1. The Balaban J connectivity index is 3.49. The molecule has 1 rings (SSSR count). The second-order valence-electron chi connectivity index (χ2n) is 2.60. The van der Waals surface area contributed by atoms with Crippen molar-refractivity contribution in [1.29, 1.82) is 0 Å². The van der Waals surface area contributed by atoms with Gasteiger partial charge in [-0.25, -0.2) is 13.6 Å². The summed E-state index contributed by atoms with van der Waals surface area (Å²) in [5.74, 6) is -10.1. The second-order valence-corrected chi connectivity index (χ2v) is 2.98. The van der Waals surface area contributed by atoms with Crippen LogP contribution in [0, 0.1) is 11.6 Å². The van der Waals surface area contributed by atoms with Crippen LogP contribution in [0.3, 0.4) is 0 Å². The van der Waals surface area contributed by atoms with Crippen LogP contribution in [0.4, 0.5) is 17.6 Å². The van der Waals surface area contributed by atoms with E-state index in [2.05, 4.69) is 0 Å². The van der Waals surface area contributed by atoms with E-state index in [1.165, 1.54) is 0 Å². The largest absolute Gasteiger partial charge is 0.477 e. The van der Waals surface area contributed by atoms with Crippen LogP contribution in [0.1, 0.15) is 5.56 Å². The van der Waals surface area contributed by atoms with Crippen molar-refractivity contribution >= 4 is 17.6 Å². The van der Waals surface area contributed by atoms with Gasteiger partial charge in [0, 0.05) is 0 Å². The number of benzene rings is 1. The van der Waals surface area contributed by atoms with Crippen molar-refractivity contribution in [2.75, 3.05) is 0 Å². The first-order valence-electron chi connectivity index (χ1n) is 3.53. The standard InChI is InChI=1S/C8H3ClF4O2/c9-6-4(11)2-1-3(10)5(6)8(12,13)7(14)15/h1-2H,(H,14,15). The smallest absolute Gasteiger partial charge is 0.379 e. The first kappa shape index (κ1) is 11.8. The highest BCUT2D eigenvalue weighted by Crippen LogP contribution is 2.36. The third-order valence-electron chi connectivity index (χ3n) is 1.63. The second kappa shape index (κ2) is 3.69. The predicted molar refractivity (Wildman–Crippen MR) is 42.9 cm³/mol. The third-order valence-corrected chi connectivity index (χ3v) is 2.00. The fourth-order valence-electron chi connectivity index (χ4n) is 0.922. The molecule has 7 heteroatoms. The number of hydrogen-bond donors (Lipinski definition) is 1. The Morgan fingerprint density at radius 3 is 2.20 bits per heavy atom. The number of carboxylic acid groups (broad SMARTS) is 1. The number of rotatable bonds is 2. The lowest BCUT2D eigenvalue weighted by Crippen LogP contribution is -2.27. The molecular formula is C8H3ClF4O2. The van der Waals surface area contributed by atoms with Gasteiger partial charge in [0.1, 0.15) is 11.6 Å². The minimum absolute atomic E-state index is 0.382. The monoisotopic (exact) mass is 242 g/mol. The van der Waals surface area contributed by atoms with Crippen molar-refractivity contribution in [3.8, 4) is 0 Å². The quantitative estimate of drug-likeness (QED) is 0.640. The molecule has 0 aliphatic carbocycles. The molecule has 0 saturated carbocycles. The maximum Gasteiger partial charge on any atom is 0.379 e. The summed E-state index contributed by atoms with van der Waals surface area (Å²) in [4.78, 5) is 10.1. The summed E-state index contributed by atoms with van der Waals surface area (Å²) in [6.07, 6.45) is 0. The Labute approximate surface area is 86.1 Å². The van der Waals surface area contributed by atoms with Crippen molar-refractivity contribution in [3.05, 3.63) is 34.4 Å². The molecule has 1 aromatic carbocycles. The topological polar surface area (TPSA) is 37.3 Å². The highest BCUT2D eigenvalue weighted by Gasteiger charge is 2.45.